The van der Waals surface area contributed by atoms with Crippen molar-refractivity contribution in [2.75, 3.05) is 13.2 Å². The Morgan fingerprint density at radius 2 is 2.29 bits per heavy atom. The smallest absolute Gasteiger partial charge is 0.348 e. The molecular formula is C6H5BrCl2N2O3. The number of nitrogens with one attached hydrogen (secondary N) is 1. The molecule has 0 aromatic heterocycles. The van der Waals surface area contributed by atoms with Crippen LogP contribution in [0.2, 0.25) is 0 Å². The maximum absolute atomic E-state index is 10.7. The molecule has 0 aromatic rings. The zero-order valence-electron chi connectivity index (χ0n) is 6.72. The molecule has 0 spiro atoms. The molecular weight excluding hydrogens is 299 g/mol. The van der Waals surface area contributed by atoms with Crippen molar-refractivity contribution in [2.45, 2.75) is 0 Å². The van der Waals surface area contributed by atoms with Gasteiger partial charge in [-0.3, -0.25) is 10.1 Å². The molecule has 8 heteroatoms. The lowest BCUT2D eigenvalue weighted by atomic mass is 10.4. The lowest BCUT2D eigenvalue weighted by molar-refractivity contribution is -0.423. The van der Waals surface area contributed by atoms with Crippen molar-refractivity contribution in [1.82, 2.24) is 5.32 Å². The van der Waals surface area contributed by atoms with Crippen LogP contribution in [0.1, 0.15) is 0 Å². The fraction of sp³-hybridized carbons (Fsp3) is 0.333. The molecule has 0 amide bonds. The Bertz CT molecular complexity index is 317. The van der Waals surface area contributed by atoms with E-state index in [-0.39, 0.29) is 20.6 Å². The van der Waals surface area contributed by atoms with E-state index in [1.807, 2.05) is 0 Å². The minimum atomic E-state index is -0.653. The van der Waals surface area contributed by atoms with Crippen LogP contribution < -0.4 is 5.32 Å². The van der Waals surface area contributed by atoms with Gasteiger partial charge in [0.1, 0.15) is 15.6 Å². The summed E-state index contributed by atoms with van der Waals surface area (Å²) in [6.45, 7) is 0.882. The van der Waals surface area contributed by atoms with Crippen LogP contribution in [0.15, 0.2) is 20.6 Å². The van der Waals surface area contributed by atoms with E-state index in [1.54, 1.807) is 0 Å². The number of allylic oxidation sites excluding steroid dienone is 1. The quantitative estimate of drug-likeness (QED) is 0.627. The molecule has 1 fully saturated rings. The summed E-state index contributed by atoms with van der Waals surface area (Å²) in [5.41, 5.74) is -0.369. The van der Waals surface area contributed by atoms with Gasteiger partial charge < -0.3 is 10.1 Å². The highest BCUT2D eigenvalue weighted by Gasteiger charge is 2.28. The molecule has 14 heavy (non-hydrogen) atoms. The lowest BCUT2D eigenvalue weighted by Gasteiger charge is -2.01. The largest absolute Gasteiger partial charge is 0.472 e. The molecule has 1 N–H and O–H groups in total. The third-order valence-electron chi connectivity index (χ3n) is 1.41. The molecule has 0 saturated carbocycles. The Labute approximate surface area is 98.0 Å². The van der Waals surface area contributed by atoms with E-state index in [0.717, 1.165) is 0 Å². The number of hydrogen-bond acceptors (Lipinski definition) is 4. The van der Waals surface area contributed by atoms with Gasteiger partial charge >= 0.3 is 5.70 Å². The first-order valence-corrected chi connectivity index (χ1v) is 5.05. The van der Waals surface area contributed by atoms with Crippen molar-refractivity contribution >= 4 is 39.1 Å². The van der Waals surface area contributed by atoms with E-state index in [4.69, 9.17) is 27.9 Å². The van der Waals surface area contributed by atoms with Gasteiger partial charge in [-0.05, 0) is 15.9 Å². The molecule has 1 rings (SSSR count). The highest BCUT2D eigenvalue weighted by Crippen LogP contribution is 2.29. The van der Waals surface area contributed by atoms with E-state index in [0.29, 0.717) is 13.2 Å². The van der Waals surface area contributed by atoms with Gasteiger partial charge in [0.05, 0.1) is 11.5 Å². The van der Waals surface area contributed by atoms with Gasteiger partial charge in [-0.25, -0.2) is 0 Å². The number of hydrogen-bond donors (Lipinski definition) is 1. The zero-order valence-corrected chi connectivity index (χ0v) is 9.82. The minimum Gasteiger partial charge on any atom is -0.472 e. The molecule has 0 bridgehead atoms. The molecule has 5 nitrogen and oxygen atoms in total. The third-order valence-corrected chi connectivity index (χ3v) is 2.68. The summed E-state index contributed by atoms with van der Waals surface area (Å²) in [6.07, 6.45) is 0. The molecule has 1 heterocycles. The van der Waals surface area contributed by atoms with Crippen molar-refractivity contribution in [1.29, 1.82) is 0 Å². The number of rotatable bonds is 2. The van der Waals surface area contributed by atoms with Gasteiger partial charge in [0.15, 0.2) is 0 Å². The van der Waals surface area contributed by atoms with Crippen LogP contribution in [0.3, 0.4) is 0 Å². The summed E-state index contributed by atoms with van der Waals surface area (Å²) in [5, 5.41) is 13.2. The molecule has 1 saturated heterocycles. The maximum atomic E-state index is 10.7. The van der Waals surface area contributed by atoms with Gasteiger partial charge in [-0.1, -0.05) is 23.2 Å². The van der Waals surface area contributed by atoms with Crippen molar-refractivity contribution in [2.24, 2.45) is 0 Å². The van der Waals surface area contributed by atoms with Crippen LogP contribution in [-0.2, 0) is 4.74 Å². The molecule has 0 radical (unpaired) electrons. The Hall–Kier alpha value is -0.460. The highest BCUT2D eigenvalue weighted by molar-refractivity contribution is 9.12. The fourth-order valence-corrected chi connectivity index (χ4v) is 1.31. The van der Waals surface area contributed by atoms with Crippen molar-refractivity contribution in [3.8, 4) is 0 Å². The standard InChI is InChI=1S/C6H5BrCl2N2O3/c7-5(9)3(8)4(11(12)13)6-10-1-2-14-6/h10H,1-2H2/b5-3+,6-4-. The van der Waals surface area contributed by atoms with Gasteiger partial charge in [0.2, 0.25) is 0 Å². The lowest BCUT2D eigenvalue weighted by Crippen LogP contribution is -2.13. The first-order chi connectivity index (χ1) is 6.54. The van der Waals surface area contributed by atoms with Crippen LogP contribution in [0, 0.1) is 10.1 Å². The second-order valence-corrected chi connectivity index (χ2v) is 4.29. The molecule has 78 valence electrons. The second kappa shape index (κ2) is 4.86. The van der Waals surface area contributed by atoms with Crippen LogP contribution in [0.4, 0.5) is 0 Å². The molecule has 0 aromatic carbocycles. The molecule has 1 aliphatic heterocycles. The van der Waals surface area contributed by atoms with Gasteiger partial charge in [-0.15, -0.1) is 0 Å². The number of nitrogens with zero attached hydrogens (tertiary/aromatic N) is 1. The predicted octanol–water partition coefficient (Wildman–Crippen LogP) is 2.09. The Morgan fingerprint density at radius 1 is 1.64 bits per heavy atom. The van der Waals surface area contributed by atoms with Crippen LogP contribution in [0.25, 0.3) is 0 Å². The summed E-state index contributed by atoms with van der Waals surface area (Å²) in [6, 6.07) is 0. The van der Waals surface area contributed by atoms with E-state index in [1.165, 1.54) is 0 Å². The SMILES string of the molecule is O=[N+]([O-])C(=C1/NCCO1)/C(Cl)=C(\Cl)Br. The minimum absolute atomic E-state index is 0.0318. The topological polar surface area (TPSA) is 64.4 Å². The van der Waals surface area contributed by atoms with E-state index in [2.05, 4.69) is 21.2 Å². The number of nitro groups is 1. The van der Waals surface area contributed by atoms with Crippen LogP contribution >= 0.6 is 39.1 Å². The Balaban J connectivity index is 3.13. The number of ether oxygens (including phenoxy) is 1. The van der Waals surface area contributed by atoms with Crippen molar-refractivity contribution in [3.05, 3.63) is 30.7 Å². The van der Waals surface area contributed by atoms with Crippen molar-refractivity contribution in [3.63, 3.8) is 0 Å². The summed E-state index contributed by atoms with van der Waals surface area (Å²) < 4.78 is 4.94. The molecule has 0 atom stereocenters. The van der Waals surface area contributed by atoms with Crippen LogP contribution in [0.5, 0.6) is 0 Å². The summed E-state index contributed by atoms with van der Waals surface area (Å²) in [5.74, 6) is 0.0394. The van der Waals surface area contributed by atoms with Gasteiger partial charge in [0.25, 0.3) is 5.88 Å². The molecule has 0 aliphatic carbocycles. The summed E-state index contributed by atoms with van der Waals surface area (Å²) in [7, 11) is 0. The highest BCUT2D eigenvalue weighted by atomic mass is 79.9. The normalized spacial score (nSPS) is 20.8. The summed E-state index contributed by atoms with van der Waals surface area (Å²) in [4.78, 5) is 10.0. The Morgan fingerprint density at radius 3 is 2.64 bits per heavy atom. The van der Waals surface area contributed by atoms with E-state index < -0.39 is 4.92 Å². The second-order valence-electron chi connectivity index (χ2n) is 2.28. The van der Waals surface area contributed by atoms with Crippen molar-refractivity contribution < 1.29 is 9.66 Å². The Kier molecular flexibility index (Phi) is 4.03. The first-order valence-electron chi connectivity index (χ1n) is 3.50. The third kappa shape index (κ3) is 2.52. The van der Waals surface area contributed by atoms with Gasteiger partial charge in [-0.2, -0.15) is 0 Å². The molecule has 1 aliphatic rings. The maximum Gasteiger partial charge on any atom is 0.348 e. The fourth-order valence-electron chi connectivity index (χ4n) is 0.873. The number of halogens is 3. The average molecular weight is 304 g/mol. The summed E-state index contributed by atoms with van der Waals surface area (Å²) >= 11 is 14.0. The molecule has 0 unspecified atom stereocenters. The average Bonchev–Trinajstić information content (AvgIpc) is 2.56. The van der Waals surface area contributed by atoms with E-state index >= 15 is 0 Å². The van der Waals surface area contributed by atoms with Crippen LogP contribution in [-0.4, -0.2) is 18.1 Å². The zero-order chi connectivity index (χ0) is 10.7. The van der Waals surface area contributed by atoms with Gasteiger partial charge in [0, 0.05) is 0 Å². The predicted molar refractivity (Wildman–Crippen MR) is 55.6 cm³/mol. The first kappa shape index (κ1) is 11.6. The van der Waals surface area contributed by atoms with E-state index in [9.17, 15) is 10.1 Å². The monoisotopic (exact) mass is 302 g/mol.